The van der Waals surface area contributed by atoms with Crippen LogP contribution in [0.15, 0.2) is 53.1 Å². The van der Waals surface area contributed by atoms with Gasteiger partial charge in [-0.2, -0.15) is 0 Å². The molecular formula is C16H13BrClFN4O. The molecule has 0 fully saturated rings. The molecule has 24 heavy (non-hydrogen) atoms. The van der Waals surface area contributed by atoms with Crippen LogP contribution in [0, 0.1) is 5.82 Å². The molecule has 1 amide bonds. The van der Waals surface area contributed by atoms with Gasteiger partial charge in [-0.25, -0.2) is 9.37 Å². The molecule has 0 saturated heterocycles. The Labute approximate surface area is 152 Å². The number of carbonyl (C=O) groups is 1. The second-order valence-corrected chi connectivity index (χ2v) is 5.75. The van der Waals surface area contributed by atoms with Crippen molar-refractivity contribution in [1.29, 1.82) is 0 Å². The van der Waals surface area contributed by atoms with Gasteiger partial charge in [0.2, 0.25) is 0 Å². The van der Waals surface area contributed by atoms with Crippen LogP contribution < -0.4 is 11.1 Å². The van der Waals surface area contributed by atoms with Crippen molar-refractivity contribution in [3.63, 3.8) is 0 Å². The Kier molecular flexibility index (Phi) is 5.58. The number of aromatic nitrogens is 2. The van der Waals surface area contributed by atoms with E-state index >= 15 is 0 Å². The summed E-state index contributed by atoms with van der Waals surface area (Å²) in [7, 11) is 0. The van der Waals surface area contributed by atoms with E-state index in [1.807, 2.05) is 0 Å². The van der Waals surface area contributed by atoms with E-state index in [4.69, 9.17) is 5.73 Å². The van der Waals surface area contributed by atoms with Crippen molar-refractivity contribution in [2.75, 3.05) is 11.1 Å². The topological polar surface area (TPSA) is 83.8 Å². The maximum atomic E-state index is 13.8. The summed E-state index contributed by atoms with van der Waals surface area (Å²) in [6.45, 7) is 0. The van der Waals surface area contributed by atoms with Crippen LogP contribution >= 0.6 is 28.3 Å². The Balaban J connectivity index is 0.00000208. The van der Waals surface area contributed by atoms with Gasteiger partial charge in [0.05, 0.1) is 17.5 Å². The number of nitrogens with zero attached hydrogens (tertiary/aromatic N) is 1. The summed E-state index contributed by atoms with van der Waals surface area (Å²) >= 11 is 3.16. The highest BCUT2D eigenvalue weighted by Crippen LogP contribution is 2.21. The van der Waals surface area contributed by atoms with Gasteiger partial charge < -0.3 is 16.0 Å². The molecule has 1 aromatic heterocycles. The van der Waals surface area contributed by atoms with Crippen molar-refractivity contribution in [2.45, 2.75) is 0 Å². The van der Waals surface area contributed by atoms with Gasteiger partial charge in [0.1, 0.15) is 5.82 Å². The van der Waals surface area contributed by atoms with Crippen molar-refractivity contribution < 1.29 is 9.18 Å². The normalized spacial score (nSPS) is 10.1. The molecule has 8 heteroatoms. The minimum atomic E-state index is -0.582. The van der Waals surface area contributed by atoms with Crippen molar-refractivity contribution >= 4 is 45.9 Å². The number of halogens is 3. The standard InChI is InChI=1S/C16H12BrFN4O.ClH/c17-10-3-6-12(13(18)7-10)15(23)21-11-4-1-9(2-5-11)14-8-20-16(19)22-14;/h1-8H,(H,21,23)(H3,19,20,22);1H. The van der Waals surface area contributed by atoms with E-state index in [0.29, 0.717) is 16.1 Å². The van der Waals surface area contributed by atoms with Crippen molar-refractivity contribution in [3.8, 4) is 11.3 Å². The molecule has 0 aliphatic carbocycles. The van der Waals surface area contributed by atoms with Crippen LogP contribution in [-0.4, -0.2) is 15.9 Å². The second kappa shape index (κ2) is 7.46. The number of nitrogen functional groups attached to an aromatic ring is 1. The molecule has 5 nitrogen and oxygen atoms in total. The van der Waals surface area contributed by atoms with E-state index in [0.717, 1.165) is 11.3 Å². The van der Waals surface area contributed by atoms with E-state index in [2.05, 4.69) is 31.2 Å². The van der Waals surface area contributed by atoms with Gasteiger partial charge in [-0.3, -0.25) is 4.79 Å². The number of amides is 1. The summed E-state index contributed by atoms with van der Waals surface area (Å²) in [4.78, 5) is 18.9. The van der Waals surface area contributed by atoms with Crippen LogP contribution in [-0.2, 0) is 0 Å². The maximum Gasteiger partial charge on any atom is 0.258 e. The molecule has 124 valence electrons. The number of hydrogen-bond acceptors (Lipinski definition) is 3. The van der Waals surface area contributed by atoms with E-state index in [1.165, 1.54) is 12.1 Å². The lowest BCUT2D eigenvalue weighted by Gasteiger charge is -2.07. The molecule has 0 aliphatic rings. The predicted molar refractivity (Wildman–Crippen MR) is 97.7 cm³/mol. The quantitative estimate of drug-likeness (QED) is 0.603. The van der Waals surface area contributed by atoms with Gasteiger partial charge in [-0.15, -0.1) is 12.4 Å². The van der Waals surface area contributed by atoms with Gasteiger partial charge in [0.15, 0.2) is 5.95 Å². The molecule has 1 heterocycles. The Morgan fingerprint density at radius 1 is 1.21 bits per heavy atom. The SMILES string of the molecule is Cl.Nc1ncc(-c2ccc(NC(=O)c3ccc(Br)cc3F)cc2)[nH]1. The van der Waals surface area contributed by atoms with Gasteiger partial charge in [0, 0.05) is 10.2 Å². The number of nitrogens with one attached hydrogen (secondary N) is 2. The van der Waals surface area contributed by atoms with E-state index in [9.17, 15) is 9.18 Å². The zero-order chi connectivity index (χ0) is 16.4. The van der Waals surface area contributed by atoms with E-state index in [-0.39, 0.29) is 18.0 Å². The van der Waals surface area contributed by atoms with Gasteiger partial charge in [-0.05, 0) is 35.9 Å². The summed E-state index contributed by atoms with van der Waals surface area (Å²) in [5.41, 5.74) is 7.74. The van der Waals surface area contributed by atoms with Crippen molar-refractivity contribution in [2.24, 2.45) is 0 Å². The average Bonchev–Trinajstić information content (AvgIpc) is 2.94. The molecule has 0 saturated carbocycles. The summed E-state index contributed by atoms with van der Waals surface area (Å²) in [5.74, 6) is -0.752. The third-order valence-electron chi connectivity index (χ3n) is 3.23. The number of H-pyrrole nitrogens is 1. The highest BCUT2D eigenvalue weighted by Gasteiger charge is 2.12. The third-order valence-corrected chi connectivity index (χ3v) is 3.72. The second-order valence-electron chi connectivity index (χ2n) is 4.84. The summed E-state index contributed by atoms with van der Waals surface area (Å²) in [6.07, 6.45) is 1.63. The first kappa shape index (κ1) is 18.0. The van der Waals surface area contributed by atoms with Crippen LogP contribution in [0.4, 0.5) is 16.0 Å². The van der Waals surface area contributed by atoms with Crippen molar-refractivity contribution in [3.05, 3.63) is 64.5 Å². The number of hydrogen-bond donors (Lipinski definition) is 3. The first-order valence-corrected chi connectivity index (χ1v) is 7.49. The fourth-order valence-electron chi connectivity index (χ4n) is 2.09. The van der Waals surface area contributed by atoms with Crippen LogP contribution in [0.3, 0.4) is 0 Å². The molecule has 0 radical (unpaired) electrons. The van der Waals surface area contributed by atoms with E-state index in [1.54, 1.807) is 36.5 Å². The molecular weight excluding hydrogens is 399 g/mol. The number of carbonyl (C=O) groups excluding carboxylic acids is 1. The minimum absolute atomic E-state index is 0. The molecule has 0 bridgehead atoms. The zero-order valence-corrected chi connectivity index (χ0v) is 14.6. The smallest absolute Gasteiger partial charge is 0.258 e. The largest absolute Gasteiger partial charge is 0.369 e. The first-order chi connectivity index (χ1) is 11.0. The lowest BCUT2D eigenvalue weighted by Crippen LogP contribution is -2.13. The minimum Gasteiger partial charge on any atom is -0.369 e. The first-order valence-electron chi connectivity index (χ1n) is 6.70. The number of anilines is 2. The Hall–Kier alpha value is -2.38. The van der Waals surface area contributed by atoms with Crippen LogP contribution in [0.2, 0.25) is 0 Å². The Bertz CT molecular complexity index is 867. The van der Waals surface area contributed by atoms with Crippen LogP contribution in [0.5, 0.6) is 0 Å². The van der Waals surface area contributed by atoms with Gasteiger partial charge in [0.25, 0.3) is 5.91 Å². The molecule has 0 unspecified atom stereocenters. The summed E-state index contributed by atoms with van der Waals surface area (Å²) < 4.78 is 14.4. The molecule has 4 N–H and O–H groups in total. The number of nitrogens with two attached hydrogens (primary N) is 1. The Morgan fingerprint density at radius 3 is 2.50 bits per heavy atom. The lowest BCUT2D eigenvalue weighted by molar-refractivity contribution is 0.102. The summed E-state index contributed by atoms with van der Waals surface area (Å²) in [6, 6.07) is 11.4. The highest BCUT2D eigenvalue weighted by atomic mass is 79.9. The lowest BCUT2D eigenvalue weighted by atomic mass is 10.1. The Morgan fingerprint density at radius 2 is 1.92 bits per heavy atom. The average molecular weight is 412 g/mol. The molecule has 3 aromatic rings. The molecule has 0 aliphatic heterocycles. The number of benzene rings is 2. The predicted octanol–water partition coefficient (Wildman–Crippen LogP) is 4.23. The molecule has 2 aromatic carbocycles. The van der Waals surface area contributed by atoms with Crippen molar-refractivity contribution in [1.82, 2.24) is 9.97 Å². The van der Waals surface area contributed by atoms with Crippen LogP contribution in [0.1, 0.15) is 10.4 Å². The highest BCUT2D eigenvalue weighted by molar-refractivity contribution is 9.10. The van der Waals surface area contributed by atoms with Crippen LogP contribution in [0.25, 0.3) is 11.3 Å². The number of aromatic amines is 1. The monoisotopic (exact) mass is 410 g/mol. The van der Waals surface area contributed by atoms with Gasteiger partial charge >= 0.3 is 0 Å². The van der Waals surface area contributed by atoms with E-state index < -0.39 is 11.7 Å². The summed E-state index contributed by atoms with van der Waals surface area (Å²) in [5, 5.41) is 2.66. The number of imidazole rings is 1. The zero-order valence-electron chi connectivity index (χ0n) is 12.2. The molecule has 0 spiro atoms. The van der Waals surface area contributed by atoms with Gasteiger partial charge in [-0.1, -0.05) is 28.1 Å². The molecule has 3 rings (SSSR count). The number of rotatable bonds is 3. The molecule has 0 atom stereocenters. The maximum absolute atomic E-state index is 13.8. The third kappa shape index (κ3) is 3.93. The fraction of sp³-hybridized carbons (Fsp3) is 0. The fourth-order valence-corrected chi connectivity index (χ4v) is 2.42.